The molecule has 3 rings (SSSR count). The molecular formula is C24H34N2O3. The highest BCUT2D eigenvalue weighted by molar-refractivity contribution is 5.97. The molecule has 0 radical (unpaired) electrons. The van der Waals surface area contributed by atoms with E-state index < -0.39 is 0 Å². The van der Waals surface area contributed by atoms with Gasteiger partial charge in [0.05, 0.1) is 11.0 Å². The maximum Gasteiger partial charge on any atom is 0.255 e. The lowest BCUT2D eigenvalue weighted by molar-refractivity contribution is -0.133. The van der Waals surface area contributed by atoms with Gasteiger partial charge in [-0.25, -0.2) is 0 Å². The van der Waals surface area contributed by atoms with Gasteiger partial charge < -0.3 is 15.4 Å². The van der Waals surface area contributed by atoms with Crippen LogP contribution in [0, 0.1) is 11.3 Å². The van der Waals surface area contributed by atoms with Gasteiger partial charge in [-0.15, -0.1) is 0 Å². The third-order valence-electron chi connectivity index (χ3n) is 6.03. The first-order valence-corrected chi connectivity index (χ1v) is 11.0. The fourth-order valence-electron chi connectivity index (χ4n) is 4.46. The SMILES string of the molecule is CC(C)C[C@H]1CNC(=O)c2ccccc2OC/C=C/CC2(CCCCC2)C(=O)N1. The lowest BCUT2D eigenvalue weighted by atomic mass is 9.71. The van der Waals surface area contributed by atoms with Crippen molar-refractivity contribution in [3.05, 3.63) is 42.0 Å². The molecule has 1 spiro atoms. The van der Waals surface area contributed by atoms with Gasteiger partial charge in [-0.1, -0.05) is 57.4 Å². The molecule has 2 aliphatic rings. The lowest BCUT2D eigenvalue weighted by Crippen LogP contribution is -2.50. The molecule has 1 saturated carbocycles. The predicted octanol–water partition coefficient (Wildman–Crippen LogP) is 4.24. The Kier molecular flexibility index (Phi) is 7.34. The quantitative estimate of drug-likeness (QED) is 0.733. The zero-order valence-electron chi connectivity index (χ0n) is 17.7. The molecule has 1 aliphatic carbocycles. The highest BCUT2D eigenvalue weighted by Gasteiger charge is 2.39. The Morgan fingerprint density at radius 1 is 1.10 bits per heavy atom. The summed E-state index contributed by atoms with van der Waals surface area (Å²) >= 11 is 0. The van der Waals surface area contributed by atoms with Gasteiger partial charge in [0.1, 0.15) is 12.4 Å². The summed E-state index contributed by atoms with van der Waals surface area (Å²) in [5.41, 5.74) is 0.187. The number of hydrogen-bond donors (Lipinski definition) is 2. The third-order valence-corrected chi connectivity index (χ3v) is 6.03. The minimum Gasteiger partial charge on any atom is -0.489 e. The molecule has 2 amide bonds. The molecule has 29 heavy (non-hydrogen) atoms. The van der Waals surface area contributed by atoms with Crippen molar-refractivity contribution in [3.63, 3.8) is 0 Å². The molecule has 0 aromatic heterocycles. The first kappa shape index (κ1) is 21.4. The van der Waals surface area contributed by atoms with Crippen molar-refractivity contribution < 1.29 is 14.3 Å². The summed E-state index contributed by atoms with van der Waals surface area (Å²) in [7, 11) is 0. The highest BCUT2D eigenvalue weighted by Crippen LogP contribution is 2.40. The molecule has 0 saturated heterocycles. The maximum absolute atomic E-state index is 13.3. The van der Waals surface area contributed by atoms with Crippen LogP contribution in [0.4, 0.5) is 0 Å². The van der Waals surface area contributed by atoms with Crippen LogP contribution in [0.15, 0.2) is 36.4 Å². The maximum atomic E-state index is 13.3. The molecule has 1 aromatic rings. The Labute approximate surface area is 174 Å². The minimum absolute atomic E-state index is 0.0785. The number of para-hydroxylation sites is 1. The number of carbonyl (C=O) groups is 2. The van der Waals surface area contributed by atoms with E-state index in [-0.39, 0.29) is 23.3 Å². The summed E-state index contributed by atoms with van der Waals surface area (Å²) in [5.74, 6) is 0.981. The fraction of sp³-hybridized carbons (Fsp3) is 0.583. The van der Waals surface area contributed by atoms with Crippen LogP contribution in [0.2, 0.25) is 0 Å². The minimum atomic E-state index is -0.337. The summed E-state index contributed by atoms with van der Waals surface area (Å²) in [6.45, 7) is 5.09. The van der Waals surface area contributed by atoms with E-state index in [0.717, 1.165) is 38.5 Å². The zero-order chi connectivity index (χ0) is 20.7. The topological polar surface area (TPSA) is 67.4 Å². The van der Waals surface area contributed by atoms with Gasteiger partial charge in [0.2, 0.25) is 5.91 Å². The third kappa shape index (κ3) is 5.62. The van der Waals surface area contributed by atoms with E-state index in [9.17, 15) is 9.59 Å². The van der Waals surface area contributed by atoms with Crippen molar-refractivity contribution in [1.29, 1.82) is 0 Å². The van der Waals surface area contributed by atoms with Gasteiger partial charge in [0.15, 0.2) is 0 Å². The van der Waals surface area contributed by atoms with E-state index in [1.54, 1.807) is 6.07 Å². The first-order chi connectivity index (χ1) is 14.0. The van der Waals surface area contributed by atoms with E-state index in [0.29, 0.717) is 30.4 Å². The summed E-state index contributed by atoms with van der Waals surface area (Å²) in [6.07, 6.45) is 10.9. The Morgan fingerprint density at radius 2 is 1.86 bits per heavy atom. The molecule has 1 aromatic carbocycles. The van der Waals surface area contributed by atoms with Crippen LogP contribution in [-0.4, -0.2) is 31.0 Å². The van der Waals surface area contributed by atoms with Crippen molar-refractivity contribution in [2.75, 3.05) is 13.2 Å². The van der Waals surface area contributed by atoms with Gasteiger partial charge in [0, 0.05) is 12.6 Å². The van der Waals surface area contributed by atoms with Crippen LogP contribution < -0.4 is 15.4 Å². The number of carbonyl (C=O) groups excluding carboxylic acids is 2. The van der Waals surface area contributed by atoms with Gasteiger partial charge in [-0.2, -0.15) is 0 Å². The van der Waals surface area contributed by atoms with Gasteiger partial charge >= 0.3 is 0 Å². The summed E-state index contributed by atoms with van der Waals surface area (Å²) in [6, 6.07) is 7.22. The first-order valence-electron chi connectivity index (χ1n) is 11.0. The fourth-order valence-corrected chi connectivity index (χ4v) is 4.46. The van der Waals surface area contributed by atoms with E-state index in [1.807, 2.05) is 24.3 Å². The van der Waals surface area contributed by atoms with E-state index in [4.69, 9.17) is 4.74 Å². The van der Waals surface area contributed by atoms with Crippen LogP contribution in [0.1, 0.15) is 69.2 Å². The summed E-state index contributed by atoms with van der Waals surface area (Å²) < 4.78 is 5.85. The number of amides is 2. The smallest absolute Gasteiger partial charge is 0.255 e. The lowest BCUT2D eigenvalue weighted by Gasteiger charge is -2.37. The van der Waals surface area contributed by atoms with Crippen molar-refractivity contribution in [2.24, 2.45) is 11.3 Å². The summed E-state index contributed by atoms with van der Waals surface area (Å²) in [5, 5.41) is 6.30. The van der Waals surface area contributed by atoms with Crippen molar-refractivity contribution in [1.82, 2.24) is 10.6 Å². The average molecular weight is 399 g/mol. The molecule has 5 heteroatoms. The van der Waals surface area contributed by atoms with E-state index >= 15 is 0 Å². The predicted molar refractivity (Wildman–Crippen MR) is 115 cm³/mol. The van der Waals surface area contributed by atoms with Gasteiger partial charge in [-0.3, -0.25) is 9.59 Å². The molecule has 5 nitrogen and oxygen atoms in total. The molecule has 0 bridgehead atoms. The van der Waals surface area contributed by atoms with Crippen molar-refractivity contribution in [2.45, 2.75) is 64.8 Å². The normalized spacial score (nSPS) is 24.0. The van der Waals surface area contributed by atoms with E-state index in [1.165, 1.54) is 6.42 Å². The van der Waals surface area contributed by atoms with Gasteiger partial charge in [-0.05, 0) is 43.7 Å². The second-order valence-electron chi connectivity index (χ2n) is 8.83. The van der Waals surface area contributed by atoms with Crippen molar-refractivity contribution >= 4 is 11.8 Å². The second kappa shape index (κ2) is 9.95. The van der Waals surface area contributed by atoms with Gasteiger partial charge in [0.25, 0.3) is 5.91 Å². The van der Waals surface area contributed by atoms with Crippen LogP contribution in [0.3, 0.4) is 0 Å². The van der Waals surface area contributed by atoms with Crippen LogP contribution in [-0.2, 0) is 4.79 Å². The number of nitrogens with one attached hydrogen (secondary N) is 2. The number of ether oxygens (including phenoxy) is 1. The standard InChI is InChI=1S/C24H34N2O3/c1-18(2)16-19-17-25-22(27)20-10-4-5-11-21(20)29-15-9-8-14-24(23(28)26-19)12-6-3-7-13-24/h4-5,8-11,18-19H,3,6-7,12-17H2,1-2H3,(H,25,27)(H,26,28)/b9-8+/t19-/m0/s1. The molecule has 1 atom stereocenters. The van der Waals surface area contributed by atoms with E-state index in [2.05, 4.69) is 30.6 Å². The molecule has 158 valence electrons. The Balaban J connectivity index is 1.86. The Bertz CT molecular complexity index is 735. The summed E-state index contributed by atoms with van der Waals surface area (Å²) in [4.78, 5) is 26.1. The molecular weight excluding hydrogens is 364 g/mol. The number of hydrogen-bond acceptors (Lipinski definition) is 3. The van der Waals surface area contributed by atoms with Crippen LogP contribution in [0.25, 0.3) is 0 Å². The van der Waals surface area contributed by atoms with Crippen LogP contribution >= 0.6 is 0 Å². The second-order valence-corrected chi connectivity index (χ2v) is 8.83. The molecule has 0 unspecified atom stereocenters. The highest BCUT2D eigenvalue weighted by atomic mass is 16.5. The van der Waals surface area contributed by atoms with Crippen LogP contribution in [0.5, 0.6) is 5.75 Å². The number of allylic oxidation sites excluding steroid dienone is 1. The molecule has 2 N–H and O–H groups in total. The monoisotopic (exact) mass is 398 g/mol. The zero-order valence-corrected chi connectivity index (χ0v) is 17.7. The molecule has 1 fully saturated rings. The Hall–Kier alpha value is -2.30. The largest absolute Gasteiger partial charge is 0.489 e. The number of benzene rings is 1. The Morgan fingerprint density at radius 3 is 2.62 bits per heavy atom. The number of rotatable bonds is 2. The average Bonchev–Trinajstić information content (AvgIpc) is 2.71. The number of fused-ring (bicyclic) bond motifs is 1. The van der Waals surface area contributed by atoms with Crippen molar-refractivity contribution in [3.8, 4) is 5.75 Å². The molecule has 1 heterocycles. The molecule has 1 aliphatic heterocycles.